The van der Waals surface area contributed by atoms with Crippen LogP contribution in [0.4, 0.5) is 15.9 Å². The quantitative estimate of drug-likeness (QED) is 0.523. The minimum absolute atomic E-state index is 0.0517. The van der Waals surface area contributed by atoms with Gasteiger partial charge in [-0.25, -0.2) is 22.8 Å². The first-order chi connectivity index (χ1) is 16.3. The van der Waals surface area contributed by atoms with Gasteiger partial charge in [-0.1, -0.05) is 30.3 Å². The molecule has 7 nitrogen and oxygen atoms in total. The van der Waals surface area contributed by atoms with Crippen LogP contribution in [-0.2, 0) is 16.4 Å². The van der Waals surface area contributed by atoms with Crippen molar-refractivity contribution in [3.05, 3.63) is 78.5 Å². The van der Waals surface area contributed by atoms with Crippen LogP contribution in [0.15, 0.2) is 72.0 Å². The Bertz CT molecular complexity index is 1210. The summed E-state index contributed by atoms with van der Waals surface area (Å²) in [5.41, 5.74) is 1.94. The molecule has 3 aromatic rings. The van der Waals surface area contributed by atoms with Crippen molar-refractivity contribution in [2.24, 2.45) is 0 Å². The van der Waals surface area contributed by atoms with E-state index in [1.54, 1.807) is 6.07 Å². The van der Waals surface area contributed by atoms with Gasteiger partial charge in [-0.3, -0.25) is 4.72 Å². The molecule has 0 saturated carbocycles. The summed E-state index contributed by atoms with van der Waals surface area (Å²) in [5, 5.41) is 0. The second-order valence-corrected chi connectivity index (χ2v) is 10.6. The van der Waals surface area contributed by atoms with Gasteiger partial charge in [-0.15, -0.1) is 0 Å². The van der Waals surface area contributed by atoms with E-state index in [-0.39, 0.29) is 11.4 Å². The smallest absolute Gasteiger partial charge is 0.265 e. The van der Waals surface area contributed by atoms with Gasteiger partial charge in [0.1, 0.15) is 22.9 Å². The predicted molar refractivity (Wildman–Crippen MR) is 132 cm³/mol. The zero-order valence-electron chi connectivity index (χ0n) is 19.5. The standard InChI is InChI=1S/C25H30FN5O2S/c1-30(2)25(14-11-20-7-4-3-5-8-20)13-6-16-31(18-25)21-9-10-23(22(26)17-21)34(32,33)29-24-12-15-27-19-28-24/h3-5,7-10,12,15,17,19H,6,11,13-14,16,18H2,1-2H3,(H,27,28,29). The van der Waals surface area contributed by atoms with E-state index < -0.39 is 20.7 Å². The van der Waals surface area contributed by atoms with Crippen molar-refractivity contribution in [2.75, 3.05) is 36.8 Å². The average Bonchev–Trinajstić information content (AvgIpc) is 2.83. The van der Waals surface area contributed by atoms with E-state index in [1.807, 2.05) is 6.07 Å². The normalized spacial score (nSPS) is 18.8. The lowest BCUT2D eigenvalue weighted by Gasteiger charge is -2.48. The van der Waals surface area contributed by atoms with E-state index in [1.165, 1.54) is 36.3 Å². The number of nitrogens with one attached hydrogen (secondary N) is 1. The topological polar surface area (TPSA) is 78.4 Å². The van der Waals surface area contributed by atoms with Gasteiger partial charge in [0.2, 0.25) is 0 Å². The van der Waals surface area contributed by atoms with E-state index in [0.717, 1.165) is 38.8 Å². The van der Waals surface area contributed by atoms with Gasteiger partial charge in [-0.05, 0) is 69.6 Å². The molecule has 0 spiro atoms. The van der Waals surface area contributed by atoms with Gasteiger partial charge in [0, 0.05) is 30.5 Å². The number of hydrogen-bond donors (Lipinski definition) is 1. The lowest BCUT2D eigenvalue weighted by Crippen LogP contribution is -2.56. The molecule has 1 saturated heterocycles. The Kier molecular flexibility index (Phi) is 7.13. The van der Waals surface area contributed by atoms with Gasteiger partial charge < -0.3 is 9.80 Å². The second kappa shape index (κ2) is 10.1. The maximum absolute atomic E-state index is 15.0. The van der Waals surface area contributed by atoms with E-state index >= 15 is 4.39 Å². The highest BCUT2D eigenvalue weighted by molar-refractivity contribution is 7.92. The van der Waals surface area contributed by atoms with Crippen LogP contribution >= 0.6 is 0 Å². The van der Waals surface area contributed by atoms with Crippen LogP contribution in [0.1, 0.15) is 24.8 Å². The molecule has 1 N–H and O–H groups in total. The molecule has 0 radical (unpaired) electrons. The highest BCUT2D eigenvalue weighted by atomic mass is 32.2. The largest absolute Gasteiger partial charge is 0.370 e. The molecule has 1 atom stereocenters. The fourth-order valence-electron chi connectivity index (χ4n) is 4.60. The number of piperidine rings is 1. The molecule has 0 bridgehead atoms. The lowest BCUT2D eigenvalue weighted by molar-refractivity contribution is 0.116. The Morgan fingerprint density at radius 2 is 1.94 bits per heavy atom. The van der Waals surface area contributed by atoms with Gasteiger partial charge >= 0.3 is 0 Å². The molecule has 1 aromatic heterocycles. The minimum Gasteiger partial charge on any atom is -0.370 e. The highest BCUT2D eigenvalue weighted by Gasteiger charge is 2.37. The summed E-state index contributed by atoms with van der Waals surface area (Å²) in [6.07, 6.45) is 6.62. The Hall–Kier alpha value is -3.04. The molecule has 1 unspecified atom stereocenters. The van der Waals surface area contributed by atoms with Crippen molar-refractivity contribution >= 4 is 21.5 Å². The Morgan fingerprint density at radius 1 is 1.15 bits per heavy atom. The zero-order chi connectivity index (χ0) is 24.2. The molecule has 9 heteroatoms. The molecule has 2 heterocycles. The summed E-state index contributed by atoms with van der Waals surface area (Å²) in [4.78, 5) is 11.6. The molecular weight excluding hydrogens is 453 g/mol. The molecule has 4 rings (SSSR count). The summed E-state index contributed by atoms with van der Waals surface area (Å²) in [5.74, 6) is -0.701. The Labute approximate surface area is 200 Å². The number of aryl methyl sites for hydroxylation is 1. The van der Waals surface area contributed by atoms with Crippen molar-refractivity contribution in [3.8, 4) is 0 Å². The molecule has 180 valence electrons. The third-order valence-electron chi connectivity index (χ3n) is 6.62. The van der Waals surface area contributed by atoms with Crippen LogP contribution in [0, 0.1) is 5.82 Å². The fraction of sp³-hybridized carbons (Fsp3) is 0.360. The number of likely N-dealkylation sites (N-methyl/N-ethyl adjacent to an activating group) is 1. The number of benzene rings is 2. The number of hydrogen-bond acceptors (Lipinski definition) is 6. The second-order valence-electron chi connectivity index (χ2n) is 8.94. The van der Waals surface area contributed by atoms with Crippen LogP contribution in [0.5, 0.6) is 0 Å². The van der Waals surface area contributed by atoms with Crippen molar-refractivity contribution in [1.82, 2.24) is 14.9 Å². The Morgan fingerprint density at radius 3 is 2.62 bits per heavy atom. The number of nitrogens with zero attached hydrogens (tertiary/aromatic N) is 4. The van der Waals surface area contributed by atoms with E-state index in [4.69, 9.17) is 0 Å². The molecular formula is C25H30FN5O2S. The third-order valence-corrected chi connectivity index (χ3v) is 8.00. The molecule has 0 aliphatic carbocycles. The molecule has 1 fully saturated rings. The first-order valence-corrected chi connectivity index (χ1v) is 12.8. The summed E-state index contributed by atoms with van der Waals surface area (Å²) >= 11 is 0. The van der Waals surface area contributed by atoms with Crippen LogP contribution in [0.25, 0.3) is 0 Å². The number of rotatable bonds is 8. The van der Waals surface area contributed by atoms with Crippen molar-refractivity contribution in [1.29, 1.82) is 0 Å². The fourth-order valence-corrected chi connectivity index (χ4v) is 5.66. The molecule has 1 aliphatic rings. The van der Waals surface area contributed by atoms with Gasteiger partial charge in [-0.2, -0.15) is 0 Å². The summed E-state index contributed by atoms with van der Waals surface area (Å²) < 4.78 is 42.7. The number of sulfonamides is 1. The third kappa shape index (κ3) is 5.37. The summed E-state index contributed by atoms with van der Waals surface area (Å²) in [6.45, 7) is 1.54. The Balaban J connectivity index is 1.52. The van der Waals surface area contributed by atoms with Gasteiger partial charge in [0.05, 0.1) is 0 Å². The van der Waals surface area contributed by atoms with E-state index in [0.29, 0.717) is 5.69 Å². The van der Waals surface area contributed by atoms with Gasteiger partial charge in [0.25, 0.3) is 10.0 Å². The van der Waals surface area contributed by atoms with Crippen LogP contribution < -0.4 is 9.62 Å². The van der Waals surface area contributed by atoms with Crippen LogP contribution in [0.3, 0.4) is 0 Å². The van der Waals surface area contributed by atoms with E-state index in [2.05, 4.69) is 62.9 Å². The SMILES string of the molecule is CN(C)C1(CCc2ccccc2)CCCN(c2ccc(S(=O)(=O)Nc3ccncn3)c(F)c2)C1. The summed E-state index contributed by atoms with van der Waals surface area (Å²) in [7, 11) is 0.0925. The first-order valence-electron chi connectivity index (χ1n) is 11.3. The lowest BCUT2D eigenvalue weighted by atomic mass is 9.82. The van der Waals surface area contributed by atoms with Crippen LogP contribution in [0.2, 0.25) is 0 Å². The average molecular weight is 484 g/mol. The number of aromatic nitrogens is 2. The monoisotopic (exact) mass is 483 g/mol. The highest BCUT2D eigenvalue weighted by Crippen LogP contribution is 2.34. The maximum Gasteiger partial charge on any atom is 0.265 e. The minimum atomic E-state index is -4.11. The van der Waals surface area contributed by atoms with Crippen molar-refractivity contribution in [3.63, 3.8) is 0 Å². The first kappa shape index (κ1) is 24.1. The molecule has 2 aromatic carbocycles. The van der Waals surface area contributed by atoms with E-state index in [9.17, 15) is 8.42 Å². The van der Waals surface area contributed by atoms with Crippen LogP contribution in [-0.4, -0.2) is 56.0 Å². The number of anilines is 2. The molecule has 0 amide bonds. The predicted octanol–water partition coefficient (Wildman–Crippen LogP) is 3.95. The molecule has 34 heavy (non-hydrogen) atoms. The number of halogens is 1. The summed E-state index contributed by atoms with van der Waals surface area (Å²) in [6, 6.07) is 16.2. The molecule has 1 aliphatic heterocycles. The van der Waals surface area contributed by atoms with Crippen molar-refractivity contribution in [2.45, 2.75) is 36.1 Å². The zero-order valence-corrected chi connectivity index (χ0v) is 20.3. The maximum atomic E-state index is 15.0. The van der Waals surface area contributed by atoms with Gasteiger partial charge in [0.15, 0.2) is 0 Å². The van der Waals surface area contributed by atoms with Crippen molar-refractivity contribution < 1.29 is 12.8 Å².